The SMILES string of the molecule is CCCC(CN)NS(=O)(=O)c1cc([N+](=O)[O-])ccc1F. The first-order valence-corrected chi connectivity index (χ1v) is 7.46. The largest absolute Gasteiger partial charge is 0.329 e. The molecule has 1 aromatic carbocycles. The quantitative estimate of drug-likeness (QED) is 0.579. The van der Waals surface area contributed by atoms with E-state index in [2.05, 4.69) is 4.72 Å². The van der Waals surface area contributed by atoms with Gasteiger partial charge in [0.2, 0.25) is 10.0 Å². The normalized spacial score (nSPS) is 13.2. The average Bonchev–Trinajstić information content (AvgIpc) is 2.37. The molecule has 0 aliphatic carbocycles. The molecule has 0 aromatic heterocycles. The van der Waals surface area contributed by atoms with Gasteiger partial charge >= 0.3 is 0 Å². The molecule has 0 amide bonds. The molecule has 0 saturated carbocycles. The molecule has 0 bridgehead atoms. The van der Waals surface area contributed by atoms with Crippen LogP contribution in [0.4, 0.5) is 10.1 Å². The van der Waals surface area contributed by atoms with Gasteiger partial charge in [-0.2, -0.15) is 0 Å². The number of nitrogens with one attached hydrogen (secondary N) is 1. The highest BCUT2D eigenvalue weighted by Gasteiger charge is 2.24. The van der Waals surface area contributed by atoms with Crippen molar-refractivity contribution >= 4 is 15.7 Å². The van der Waals surface area contributed by atoms with Gasteiger partial charge < -0.3 is 5.73 Å². The zero-order chi connectivity index (χ0) is 15.3. The number of nitrogens with zero attached hydrogens (tertiary/aromatic N) is 1. The van der Waals surface area contributed by atoms with Crippen LogP contribution < -0.4 is 10.5 Å². The van der Waals surface area contributed by atoms with Gasteiger partial charge in [0.05, 0.1) is 4.92 Å². The van der Waals surface area contributed by atoms with Crippen molar-refractivity contribution in [2.45, 2.75) is 30.7 Å². The van der Waals surface area contributed by atoms with Gasteiger partial charge in [-0.05, 0) is 12.5 Å². The fourth-order valence-corrected chi connectivity index (χ4v) is 3.05. The van der Waals surface area contributed by atoms with Gasteiger partial charge in [0.15, 0.2) is 0 Å². The van der Waals surface area contributed by atoms with E-state index < -0.39 is 37.4 Å². The Bertz CT molecular complexity index is 591. The molecule has 0 saturated heterocycles. The van der Waals surface area contributed by atoms with E-state index in [1.54, 1.807) is 0 Å². The molecule has 3 N–H and O–H groups in total. The summed E-state index contributed by atoms with van der Waals surface area (Å²) < 4.78 is 39.9. The van der Waals surface area contributed by atoms with Crippen LogP contribution in [0, 0.1) is 15.9 Å². The van der Waals surface area contributed by atoms with Gasteiger partial charge in [-0.3, -0.25) is 10.1 Å². The molecular weight excluding hydrogens is 289 g/mol. The van der Waals surface area contributed by atoms with E-state index in [0.29, 0.717) is 18.9 Å². The molecule has 0 aliphatic heterocycles. The number of nitrogens with two attached hydrogens (primary N) is 1. The van der Waals surface area contributed by atoms with E-state index in [1.165, 1.54) is 0 Å². The highest BCUT2D eigenvalue weighted by atomic mass is 32.2. The second-order valence-corrected chi connectivity index (χ2v) is 5.90. The number of non-ortho nitro benzene ring substituents is 1. The molecule has 1 rings (SSSR count). The first-order valence-electron chi connectivity index (χ1n) is 5.98. The Kier molecular flexibility index (Phi) is 5.54. The lowest BCUT2D eigenvalue weighted by molar-refractivity contribution is -0.385. The van der Waals surface area contributed by atoms with Crippen LogP contribution in [0.2, 0.25) is 0 Å². The zero-order valence-electron chi connectivity index (χ0n) is 10.9. The smallest absolute Gasteiger partial charge is 0.270 e. The van der Waals surface area contributed by atoms with Crippen molar-refractivity contribution in [3.63, 3.8) is 0 Å². The monoisotopic (exact) mass is 305 g/mol. The molecule has 0 spiro atoms. The molecule has 1 aromatic rings. The van der Waals surface area contributed by atoms with Gasteiger partial charge in [-0.15, -0.1) is 0 Å². The molecule has 0 fully saturated rings. The maximum Gasteiger partial charge on any atom is 0.270 e. The highest BCUT2D eigenvalue weighted by Crippen LogP contribution is 2.21. The number of benzene rings is 1. The van der Waals surface area contributed by atoms with Crippen LogP contribution in [0.3, 0.4) is 0 Å². The number of halogens is 1. The second-order valence-electron chi connectivity index (χ2n) is 4.21. The van der Waals surface area contributed by atoms with Gasteiger partial charge in [0, 0.05) is 24.7 Å². The number of nitro benzene ring substituents is 1. The van der Waals surface area contributed by atoms with Crippen LogP contribution in [0.15, 0.2) is 23.1 Å². The van der Waals surface area contributed by atoms with Crippen LogP contribution in [-0.2, 0) is 10.0 Å². The molecule has 1 unspecified atom stereocenters. The lowest BCUT2D eigenvalue weighted by atomic mass is 10.2. The topological polar surface area (TPSA) is 115 Å². The van der Waals surface area contributed by atoms with E-state index in [1.807, 2.05) is 6.92 Å². The maximum atomic E-state index is 13.6. The van der Waals surface area contributed by atoms with Crippen LogP contribution >= 0.6 is 0 Å². The molecule has 1 atom stereocenters. The number of hydrogen-bond acceptors (Lipinski definition) is 5. The predicted molar refractivity (Wildman–Crippen MR) is 71.1 cm³/mol. The standard InChI is InChI=1S/C11H16FN3O4S/c1-2-3-8(7-13)14-20(18,19)11-6-9(15(16)17)4-5-10(11)12/h4-6,8,14H,2-3,7,13H2,1H3. The van der Waals surface area contributed by atoms with Crippen LogP contribution in [0.1, 0.15) is 19.8 Å². The highest BCUT2D eigenvalue weighted by molar-refractivity contribution is 7.89. The summed E-state index contributed by atoms with van der Waals surface area (Å²) in [6.45, 7) is 1.91. The fraction of sp³-hybridized carbons (Fsp3) is 0.455. The Morgan fingerprint density at radius 2 is 2.15 bits per heavy atom. The molecule has 112 valence electrons. The van der Waals surface area contributed by atoms with Crippen LogP contribution in [0.25, 0.3) is 0 Å². The predicted octanol–water partition coefficient (Wildman–Crippen LogP) is 1.14. The van der Waals surface area contributed by atoms with Crippen molar-refractivity contribution < 1.29 is 17.7 Å². The summed E-state index contributed by atoms with van der Waals surface area (Å²) in [6.07, 6.45) is 1.19. The molecule has 0 aliphatic rings. The summed E-state index contributed by atoms with van der Waals surface area (Å²) in [7, 11) is -4.19. The molecular formula is C11H16FN3O4S. The molecule has 9 heteroatoms. The minimum absolute atomic E-state index is 0.0591. The third kappa shape index (κ3) is 3.95. The minimum atomic E-state index is -4.19. The summed E-state index contributed by atoms with van der Waals surface area (Å²) in [4.78, 5) is 9.08. The van der Waals surface area contributed by atoms with Crippen molar-refractivity contribution in [3.8, 4) is 0 Å². The van der Waals surface area contributed by atoms with E-state index in [4.69, 9.17) is 5.73 Å². The number of rotatable bonds is 7. The number of hydrogen-bond donors (Lipinski definition) is 2. The number of nitro groups is 1. The fourth-order valence-electron chi connectivity index (χ4n) is 1.67. The first kappa shape index (κ1) is 16.5. The van der Waals surface area contributed by atoms with Crippen molar-refractivity contribution in [2.24, 2.45) is 5.73 Å². The van der Waals surface area contributed by atoms with Gasteiger partial charge in [-0.25, -0.2) is 17.5 Å². The molecule has 20 heavy (non-hydrogen) atoms. The third-order valence-electron chi connectivity index (χ3n) is 2.66. The Balaban J connectivity index is 3.14. The molecule has 0 radical (unpaired) electrons. The zero-order valence-corrected chi connectivity index (χ0v) is 11.7. The Morgan fingerprint density at radius 1 is 1.50 bits per heavy atom. The first-order chi connectivity index (χ1) is 9.31. The molecule has 0 heterocycles. The minimum Gasteiger partial charge on any atom is -0.329 e. The van der Waals surface area contributed by atoms with Gasteiger partial charge in [0.25, 0.3) is 5.69 Å². The Morgan fingerprint density at radius 3 is 2.65 bits per heavy atom. The van der Waals surface area contributed by atoms with Gasteiger partial charge in [-0.1, -0.05) is 13.3 Å². The lowest BCUT2D eigenvalue weighted by Gasteiger charge is -2.16. The van der Waals surface area contributed by atoms with E-state index in [0.717, 1.165) is 12.1 Å². The van der Waals surface area contributed by atoms with E-state index in [9.17, 15) is 22.9 Å². The summed E-state index contributed by atoms with van der Waals surface area (Å²) in [6, 6.07) is 1.81. The summed E-state index contributed by atoms with van der Waals surface area (Å²) in [5.74, 6) is -1.05. The summed E-state index contributed by atoms with van der Waals surface area (Å²) in [5, 5.41) is 10.6. The van der Waals surface area contributed by atoms with Crippen molar-refractivity contribution in [3.05, 3.63) is 34.1 Å². The van der Waals surface area contributed by atoms with Crippen LogP contribution in [0.5, 0.6) is 0 Å². The molecule has 7 nitrogen and oxygen atoms in total. The van der Waals surface area contributed by atoms with Crippen molar-refractivity contribution in [2.75, 3.05) is 6.54 Å². The number of sulfonamides is 1. The lowest BCUT2D eigenvalue weighted by Crippen LogP contribution is -2.40. The summed E-state index contributed by atoms with van der Waals surface area (Å²) >= 11 is 0. The second kappa shape index (κ2) is 6.73. The third-order valence-corrected chi connectivity index (χ3v) is 4.19. The van der Waals surface area contributed by atoms with Crippen molar-refractivity contribution in [1.82, 2.24) is 4.72 Å². The summed E-state index contributed by atoms with van der Waals surface area (Å²) in [5.41, 5.74) is 4.94. The van der Waals surface area contributed by atoms with Crippen LogP contribution in [-0.4, -0.2) is 25.9 Å². The maximum absolute atomic E-state index is 13.6. The van der Waals surface area contributed by atoms with Gasteiger partial charge in [0.1, 0.15) is 10.7 Å². The van der Waals surface area contributed by atoms with E-state index >= 15 is 0 Å². The van der Waals surface area contributed by atoms with Crippen molar-refractivity contribution in [1.29, 1.82) is 0 Å². The average molecular weight is 305 g/mol. The Hall–Kier alpha value is -1.58. The van der Waals surface area contributed by atoms with E-state index in [-0.39, 0.29) is 6.54 Å². The Labute approximate surface area is 116 Å².